The summed E-state index contributed by atoms with van der Waals surface area (Å²) in [5.74, 6) is -0.560. The van der Waals surface area contributed by atoms with Gasteiger partial charge in [0.1, 0.15) is 0 Å². The van der Waals surface area contributed by atoms with Gasteiger partial charge in [0.05, 0.1) is 5.52 Å². The van der Waals surface area contributed by atoms with E-state index in [9.17, 15) is 9.59 Å². The molecule has 3 aromatic rings. The lowest BCUT2D eigenvalue weighted by Gasteiger charge is -2.22. The van der Waals surface area contributed by atoms with E-state index in [0.29, 0.717) is 11.1 Å². The van der Waals surface area contributed by atoms with Gasteiger partial charge in [-0.25, -0.2) is 4.79 Å². The number of aryl methyl sites for hydroxylation is 1. The number of aromatic nitrogens is 1. The predicted octanol–water partition coefficient (Wildman–Crippen LogP) is 4.00. The number of amides is 1. The first kappa shape index (κ1) is 18.3. The van der Waals surface area contributed by atoms with Crippen LogP contribution < -0.4 is 16.0 Å². The summed E-state index contributed by atoms with van der Waals surface area (Å²) in [5.41, 5.74) is 3.23. The number of carbonyl (C=O) groups is 1. The molecule has 4 rings (SSSR count). The summed E-state index contributed by atoms with van der Waals surface area (Å²) in [5, 5.41) is 2.91. The molecule has 146 valence electrons. The molecule has 2 aromatic carbocycles. The van der Waals surface area contributed by atoms with E-state index in [-0.39, 0.29) is 18.9 Å². The van der Waals surface area contributed by atoms with Crippen LogP contribution in [0.3, 0.4) is 0 Å². The molecule has 1 aromatic heterocycles. The lowest BCUT2D eigenvalue weighted by Crippen LogP contribution is -2.23. The van der Waals surface area contributed by atoms with Gasteiger partial charge in [-0.05, 0) is 49.2 Å². The van der Waals surface area contributed by atoms with E-state index in [1.165, 1.54) is 35.9 Å². The third-order valence-electron chi connectivity index (χ3n) is 5.26. The molecule has 1 N–H and O–H groups in total. The molecule has 1 aliphatic rings. The Bertz CT molecular complexity index is 996. The Hall–Kier alpha value is -3.02. The van der Waals surface area contributed by atoms with Crippen LogP contribution in [0.1, 0.15) is 32.1 Å². The molecule has 1 aliphatic heterocycles. The molecule has 2 heterocycles. The number of anilines is 2. The highest BCUT2D eigenvalue weighted by Gasteiger charge is 2.12. The third kappa shape index (κ3) is 4.11. The van der Waals surface area contributed by atoms with E-state index < -0.39 is 5.76 Å². The summed E-state index contributed by atoms with van der Waals surface area (Å²) in [6.45, 7) is 2.48. The van der Waals surface area contributed by atoms with Crippen molar-refractivity contribution in [3.63, 3.8) is 0 Å². The molecule has 0 saturated carbocycles. The SMILES string of the molecule is O=C(CCn1c(=O)oc2ccccc21)Nc1ccc(N2CCCCCC2)cc1. The van der Waals surface area contributed by atoms with Gasteiger partial charge in [-0.15, -0.1) is 0 Å². The van der Waals surface area contributed by atoms with Crippen LogP contribution in [0.4, 0.5) is 11.4 Å². The van der Waals surface area contributed by atoms with E-state index in [1.807, 2.05) is 30.3 Å². The van der Waals surface area contributed by atoms with E-state index in [1.54, 1.807) is 6.07 Å². The zero-order chi connectivity index (χ0) is 19.3. The fourth-order valence-electron chi connectivity index (χ4n) is 3.75. The summed E-state index contributed by atoms with van der Waals surface area (Å²) in [4.78, 5) is 26.7. The number of benzene rings is 2. The van der Waals surface area contributed by atoms with Crippen molar-refractivity contribution in [1.29, 1.82) is 0 Å². The molecule has 0 radical (unpaired) electrons. The molecule has 1 saturated heterocycles. The van der Waals surface area contributed by atoms with E-state index in [2.05, 4.69) is 22.3 Å². The zero-order valence-corrected chi connectivity index (χ0v) is 15.9. The molecule has 28 heavy (non-hydrogen) atoms. The van der Waals surface area contributed by atoms with Crippen LogP contribution in [0.2, 0.25) is 0 Å². The maximum atomic E-state index is 12.3. The second-order valence-electron chi connectivity index (χ2n) is 7.23. The maximum absolute atomic E-state index is 12.3. The first-order valence-corrected chi connectivity index (χ1v) is 9.94. The summed E-state index contributed by atoms with van der Waals surface area (Å²) in [6, 6.07) is 15.2. The van der Waals surface area contributed by atoms with Crippen LogP contribution in [0.25, 0.3) is 11.1 Å². The van der Waals surface area contributed by atoms with Gasteiger partial charge in [0, 0.05) is 37.4 Å². The number of para-hydroxylation sites is 2. The minimum absolute atomic E-state index is 0.125. The number of oxazole rings is 1. The number of rotatable bonds is 5. The molecule has 0 atom stereocenters. The molecule has 0 unspecified atom stereocenters. The number of hydrogen-bond acceptors (Lipinski definition) is 4. The molecular weight excluding hydrogens is 354 g/mol. The van der Waals surface area contributed by atoms with Gasteiger partial charge in [-0.1, -0.05) is 25.0 Å². The molecule has 1 fully saturated rings. The Morgan fingerprint density at radius 2 is 1.68 bits per heavy atom. The van der Waals surface area contributed by atoms with E-state index in [0.717, 1.165) is 18.8 Å². The van der Waals surface area contributed by atoms with Crippen molar-refractivity contribution in [2.24, 2.45) is 0 Å². The second-order valence-corrected chi connectivity index (χ2v) is 7.23. The fraction of sp³-hybridized carbons (Fsp3) is 0.364. The lowest BCUT2D eigenvalue weighted by atomic mass is 10.2. The number of fused-ring (bicyclic) bond motifs is 1. The molecule has 0 aliphatic carbocycles. The van der Waals surface area contributed by atoms with Crippen molar-refractivity contribution < 1.29 is 9.21 Å². The van der Waals surface area contributed by atoms with Crippen molar-refractivity contribution >= 4 is 28.4 Å². The topological polar surface area (TPSA) is 67.5 Å². The summed E-state index contributed by atoms with van der Waals surface area (Å²) < 4.78 is 6.70. The Balaban J connectivity index is 1.36. The van der Waals surface area contributed by atoms with Crippen LogP contribution in [-0.2, 0) is 11.3 Å². The minimum Gasteiger partial charge on any atom is -0.408 e. The Morgan fingerprint density at radius 3 is 2.43 bits per heavy atom. The van der Waals surface area contributed by atoms with Crippen LogP contribution >= 0.6 is 0 Å². The van der Waals surface area contributed by atoms with Gasteiger partial charge in [0.2, 0.25) is 5.91 Å². The minimum atomic E-state index is -0.434. The van der Waals surface area contributed by atoms with Gasteiger partial charge in [0.25, 0.3) is 0 Å². The standard InChI is InChI=1S/C22H25N3O3/c26-21(13-16-25-19-7-3-4-8-20(19)28-22(25)27)23-17-9-11-18(12-10-17)24-14-5-1-2-6-15-24/h3-4,7-12H,1-2,5-6,13-16H2,(H,23,26). The van der Waals surface area contributed by atoms with Gasteiger partial charge < -0.3 is 14.6 Å². The zero-order valence-electron chi connectivity index (χ0n) is 15.9. The normalized spacial score (nSPS) is 14.8. The molecule has 6 nitrogen and oxygen atoms in total. The Kier molecular flexibility index (Phi) is 5.46. The van der Waals surface area contributed by atoms with Crippen LogP contribution in [0.15, 0.2) is 57.7 Å². The molecule has 0 bridgehead atoms. The van der Waals surface area contributed by atoms with Crippen molar-refractivity contribution in [3.8, 4) is 0 Å². The van der Waals surface area contributed by atoms with Crippen LogP contribution in [-0.4, -0.2) is 23.6 Å². The van der Waals surface area contributed by atoms with Gasteiger partial charge in [-0.2, -0.15) is 0 Å². The van der Waals surface area contributed by atoms with E-state index >= 15 is 0 Å². The first-order valence-electron chi connectivity index (χ1n) is 9.94. The van der Waals surface area contributed by atoms with Crippen molar-refractivity contribution in [2.75, 3.05) is 23.3 Å². The van der Waals surface area contributed by atoms with Crippen molar-refractivity contribution in [3.05, 3.63) is 59.1 Å². The average Bonchev–Trinajstić information content (AvgIpc) is 2.87. The van der Waals surface area contributed by atoms with Gasteiger partial charge in [-0.3, -0.25) is 9.36 Å². The van der Waals surface area contributed by atoms with Gasteiger partial charge in [0.15, 0.2) is 5.58 Å². The quantitative estimate of drug-likeness (QED) is 0.727. The summed E-state index contributed by atoms with van der Waals surface area (Å²) in [6.07, 6.45) is 5.29. The van der Waals surface area contributed by atoms with Crippen molar-refractivity contribution in [1.82, 2.24) is 4.57 Å². The Labute approximate surface area is 163 Å². The first-order chi connectivity index (χ1) is 13.7. The fourth-order valence-corrected chi connectivity index (χ4v) is 3.75. The highest BCUT2D eigenvalue weighted by atomic mass is 16.4. The molecule has 1 amide bonds. The predicted molar refractivity (Wildman–Crippen MR) is 111 cm³/mol. The number of nitrogens with one attached hydrogen (secondary N) is 1. The summed E-state index contributed by atoms with van der Waals surface area (Å²) in [7, 11) is 0. The van der Waals surface area contributed by atoms with Crippen molar-refractivity contribution in [2.45, 2.75) is 38.6 Å². The Morgan fingerprint density at radius 1 is 0.964 bits per heavy atom. The highest BCUT2D eigenvalue weighted by molar-refractivity contribution is 5.91. The molecular formula is C22H25N3O3. The number of hydrogen-bond donors (Lipinski definition) is 1. The average molecular weight is 379 g/mol. The molecule has 6 heteroatoms. The number of nitrogens with zero attached hydrogens (tertiary/aromatic N) is 2. The van der Waals surface area contributed by atoms with Gasteiger partial charge >= 0.3 is 5.76 Å². The second kappa shape index (κ2) is 8.33. The third-order valence-corrected chi connectivity index (χ3v) is 5.26. The number of carbonyl (C=O) groups excluding carboxylic acids is 1. The monoisotopic (exact) mass is 379 g/mol. The largest absolute Gasteiger partial charge is 0.419 e. The van der Waals surface area contributed by atoms with E-state index in [4.69, 9.17) is 4.42 Å². The summed E-state index contributed by atoms with van der Waals surface area (Å²) >= 11 is 0. The highest BCUT2D eigenvalue weighted by Crippen LogP contribution is 2.21. The smallest absolute Gasteiger partial charge is 0.408 e. The van der Waals surface area contributed by atoms with Crippen LogP contribution in [0.5, 0.6) is 0 Å². The molecule has 0 spiro atoms. The lowest BCUT2D eigenvalue weighted by molar-refractivity contribution is -0.116. The van der Waals surface area contributed by atoms with Crippen LogP contribution in [0, 0.1) is 0 Å². The maximum Gasteiger partial charge on any atom is 0.419 e.